The molecule has 0 aliphatic heterocycles. The number of hydrogen-bond donors (Lipinski definition) is 1. The summed E-state index contributed by atoms with van der Waals surface area (Å²) in [6, 6.07) is 10.1. The lowest BCUT2D eigenvalue weighted by Gasteiger charge is -2.11. The highest BCUT2D eigenvalue weighted by atomic mass is 79.9. The molecule has 0 saturated carbocycles. The summed E-state index contributed by atoms with van der Waals surface area (Å²) >= 11 is 4.60. The predicted molar refractivity (Wildman–Crippen MR) is 114 cm³/mol. The number of amides is 1. The van der Waals surface area contributed by atoms with Gasteiger partial charge in [-0.1, -0.05) is 28.1 Å². The minimum atomic E-state index is -0.658. The molecule has 1 aromatic heterocycles. The Bertz CT molecular complexity index is 1050. The van der Waals surface area contributed by atoms with E-state index in [1.54, 1.807) is 12.3 Å². The fourth-order valence-electron chi connectivity index (χ4n) is 2.56. The third-order valence-electron chi connectivity index (χ3n) is 3.89. The number of ether oxygens (including phenoxy) is 2. The van der Waals surface area contributed by atoms with E-state index < -0.39 is 10.8 Å². The first-order valence-corrected chi connectivity index (χ1v) is 10.1. The van der Waals surface area contributed by atoms with Crippen LogP contribution < -0.4 is 14.8 Å². The molecule has 1 amide bonds. The summed E-state index contributed by atoms with van der Waals surface area (Å²) in [7, 11) is 1.40. The zero-order valence-corrected chi connectivity index (χ0v) is 17.9. The van der Waals surface area contributed by atoms with Crippen molar-refractivity contribution in [2.45, 2.75) is 6.92 Å². The van der Waals surface area contributed by atoms with Gasteiger partial charge in [-0.05, 0) is 19.1 Å². The first-order valence-electron chi connectivity index (χ1n) is 8.45. The Morgan fingerprint density at radius 1 is 1.28 bits per heavy atom. The van der Waals surface area contributed by atoms with Crippen molar-refractivity contribution in [3.63, 3.8) is 0 Å². The number of nitrogens with zero attached hydrogens (tertiary/aromatic N) is 2. The largest absolute Gasteiger partial charge is 0.493 e. The topological polar surface area (TPSA) is 104 Å². The summed E-state index contributed by atoms with van der Waals surface area (Å²) < 4.78 is 11.5. The van der Waals surface area contributed by atoms with Crippen molar-refractivity contribution in [3.8, 4) is 22.8 Å². The Hall–Kier alpha value is -2.98. The monoisotopic (exact) mass is 477 g/mol. The zero-order chi connectivity index (χ0) is 21.0. The highest BCUT2D eigenvalue weighted by molar-refractivity contribution is 9.10. The van der Waals surface area contributed by atoms with Gasteiger partial charge < -0.3 is 9.47 Å². The minimum absolute atomic E-state index is 0.143. The molecule has 3 aromatic rings. The van der Waals surface area contributed by atoms with Gasteiger partial charge in [-0.3, -0.25) is 20.2 Å². The van der Waals surface area contributed by atoms with Gasteiger partial charge in [0.1, 0.15) is 5.56 Å². The molecule has 0 atom stereocenters. The van der Waals surface area contributed by atoms with Crippen LogP contribution in [0, 0.1) is 10.1 Å². The number of carbonyl (C=O) groups excluding carboxylic acids is 1. The van der Waals surface area contributed by atoms with Crippen LogP contribution in [-0.4, -0.2) is 29.5 Å². The van der Waals surface area contributed by atoms with E-state index in [0.717, 1.165) is 10.0 Å². The molecule has 10 heteroatoms. The molecule has 0 fully saturated rings. The van der Waals surface area contributed by atoms with Crippen LogP contribution in [0.2, 0.25) is 0 Å². The van der Waals surface area contributed by atoms with E-state index in [1.165, 1.54) is 30.6 Å². The second kappa shape index (κ2) is 9.01. The lowest BCUT2D eigenvalue weighted by molar-refractivity contribution is -0.385. The molecule has 0 unspecified atom stereocenters. The highest BCUT2D eigenvalue weighted by Gasteiger charge is 2.25. The van der Waals surface area contributed by atoms with E-state index in [4.69, 9.17) is 9.47 Å². The van der Waals surface area contributed by atoms with E-state index >= 15 is 0 Å². The Labute approximate surface area is 178 Å². The van der Waals surface area contributed by atoms with Crippen molar-refractivity contribution in [2.24, 2.45) is 0 Å². The number of aromatic nitrogens is 1. The van der Waals surface area contributed by atoms with Crippen LogP contribution in [0.15, 0.2) is 46.3 Å². The molecule has 0 radical (unpaired) electrons. The van der Waals surface area contributed by atoms with Gasteiger partial charge in [-0.25, -0.2) is 4.98 Å². The Morgan fingerprint density at radius 2 is 2.00 bits per heavy atom. The average molecular weight is 478 g/mol. The van der Waals surface area contributed by atoms with Crippen LogP contribution in [0.25, 0.3) is 11.3 Å². The lowest BCUT2D eigenvalue weighted by Crippen LogP contribution is -2.14. The fourth-order valence-corrected chi connectivity index (χ4v) is 3.54. The molecular weight excluding hydrogens is 462 g/mol. The second-order valence-electron chi connectivity index (χ2n) is 5.71. The summed E-state index contributed by atoms with van der Waals surface area (Å²) in [6.07, 6.45) is 0. The molecular formula is C19H16BrN3O5S. The van der Waals surface area contributed by atoms with Gasteiger partial charge in [0.05, 0.1) is 30.4 Å². The maximum absolute atomic E-state index is 12.7. The van der Waals surface area contributed by atoms with Crippen LogP contribution in [0.1, 0.15) is 17.3 Å². The van der Waals surface area contributed by atoms with Gasteiger partial charge >= 0.3 is 0 Å². The number of carbonyl (C=O) groups is 1. The van der Waals surface area contributed by atoms with Gasteiger partial charge in [-0.2, -0.15) is 0 Å². The van der Waals surface area contributed by atoms with Crippen molar-refractivity contribution in [1.29, 1.82) is 0 Å². The maximum atomic E-state index is 12.7. The summed E-state index contributed by atoms with van der Waals surface area (Å²) in [5.41, 5.74) is 1.06. The van der Waals surface area contributed by atoms with E-state index in [-0.39, 0.29) is 22.7 Å². The maximum Gasteiger partial charge on any atom is 0.286 e. The van der Waals surface area contributed by atoms with Crippen molar-refractivity contribution in [3.05, 3.63) is 61.9 Å². The second-order valence-corrected chi connectivity index (χ2v) is 7.48. The summed E-state index contributed by atoms with van der Waals surface area (Å²) in [4.78, 5) is 27.9. The fraction of sp³-hybridized carbons (Fsp3) is 0.158. The van der Waals surface area contributed by atoms with Crippen molar-refractivity contribution >= 4 is 44.0 Å². The molecule has 150 valence electrons. The number of nitro benzene ring substituents is 1. The third kappa shape index (κ3) is 4.72. The molecule has 0 aliphatic carbocycles. The van der Waals surface area contributed by atoms with Gasteiger partial charge in [0.25, 0.3) is 11.6 Å². The molecule has 1 heterocycles. The molecule has 8 nitrogen and oxygen atoms in total. The summed E-state index contributed by atoms with van der Waals surface area (Å²) in [5.74, 6) is -0.225. The Morgan fingerprint density at radius 3 is 2.62 bits per heavy atom. The first kappa shape index (κ1) is 20.7. The highest BCUT2D eigenvalue weighted by Crippen LogP contribution is 2.35. The van der Waals surface area contributed by atoms with E-state index in [0.29, 0.717) is 17.4 Å². The van der Waals surface area contributed by atoms with Crippen molar-refractivity contribution < 1.29 is 19.2 Å². The molecule has 1 N–H and O–H groups in total. The van der Waals surface area contributed by atoms with Crippen LogP contribution in [0.3, 0.4) is 0 Å². The van der Waals surface area contributed by atoms with E-state index in [9.17, 15) is 14.9 Å². The number of rotatable bonds is 7. The number of thiazole rings is 1. The standard InChI is InChI=1S/C19H16BrN3O5S/c1-3-28-17-9-15(23(25)26)13(8-16(17)27-2)18(24)22-19-21-14(10-29-19)11-4-6-12(20)7-5-11/h4-10H,3H2,1-2H3,(H,21,22,24). The number of methoxy groups -OCH3 is 1. The predicted octanol–water partition coefficient (Wildman–Crippen LogP) is 5.14. The van der Waals surface area contributed by atoms with Gasteiger partial charge in [0, 0.05) is 21.5 Å². The van der Waals surface area contributed by atoms with Crippen molar-refractivity contribution in [2.75, 3.05) is 19.0 Å². The molecule has 0 aliphatic rings. The normalized spacial score (nSPS) is 10.4. The van der Waals surface area contributed by atoms with E-state index in [1.807, 2.05) is 24.3 Å². The number of anilines is 1. The van der Waals surface area contributed by atoms with Crippen molar-refractivity contribution in [1.82, 2.24) is 4.98 Å². The number of nitro groups is 1. The third-order valence-corrected chi connectivity index (χ3v) is 5.17. The number of halogens is 1. The Kier molecular flexibility index (Phi) is 6.45. The Balaban J connectivity index is 1.89. The molecule has 29 heavy (non-hydrogen) atoms. The summed E-state index contributed by atoms with van der Waals surface area (Å²) in [5, 5.41) is 16.2. The number of nitrogens with one attached hydrogen (secondary N) is 1. The van der Waals surface area contributed by atoms with Crippen LogP contribution in [0.4, 0.5) is 10.8 Å². The zero-order valence-electron chi connectivity index (χ0n) is 15.5. The first-order chi connectivity index (χ1) is 13.9. The molecule has 3 rings (SSSR count). The minimum Gasteiger partial charge on any atom is -0.493 e. The molecule has 0 spiro atoms. The van der Waals surface area contributed by atoms with Gasteiger partial charge in [0.2, 0.25) is 0 Å². The number of hydrogen-bond acceptors (Lipinski definition) is 7. The SMILES string of the molecule is CCOc1cc([N+](=O)[O-])c(C(=O)Nc2nc(-c3ccc(Br)cc3)cs2)cc1OC. The van der Waals surface area contributed by atoms with Crippen LogP contribution in [-0.2, 0) is 0 Å². The molecule has 2 aromatic carbocycles. The summed E-state index contributed by atoms with van der Waals surface area (Å²) in [6.45, 7) is 2.05. The van der Waals surface area contributed by atoms with Gasteiger partial charge in [-0.15, -0.1) is 11.3 Å². The molecule has 0 saturated heterocycles. The van der Waals surface area contributed by atoms with Crippen LogP contribution >= 0.6 is 27.3 Å². The van der Waals surface area contributed by atoms with E-state index in [2.05, 4.69) is 26.2 Å². The lowest BCUT2D eigenvalue weighted by atomic mass is 10.1. The smallest absolute Gasteiger partial charge is 0.286 e. The van der Waals surface area contributed by atoms with Crippen LogP contribution in [0.5, 0.6) is 11.5 Å². The van der Waals surface area contributed by atoms with Gasteiger partial charge in [0.15, 0.2) is 16.6 Å². The molecule has 0 bridgehead atoms. The number of benzene rings is 2. The average Bonchev–Trinajstić information content (AvgIpc) is 3.16. The quantitative estimate of drug-likeness (QED) is 0.373.